The fourth-order valence-electron chi connectivity index (χ4n) is 4.03. The molecule has 186 valence electrons. The molecule has 2 atom stereocenters. The summed E-state index contributed by atoms with van der Waals surface area (Å²) >= 11 is 0. The van der Waals surface area contributed by atoms with Crippen LogP contribution in [0.25, 0.3) is 11.1 Å². The number of aliphatic carboxylic acids is 1. The molecule has 0 fully saturated rings. The third-order valence-corrected chi connectivity index (χ3v) is 5.76. The fourth-order valence-corrected chi connectivity index (χ4v) is 4.03. The highest BCUT2D eigenvalue weighted by atomic mass is 16.5. The van der Waals surface area contributed by atoms with Crippen molar-refractivity contribution in [2.24, 2.45) is 0 Å². The van der Waals surface area contributed by atoms with Gasteiger partial charge in [-0.3, -0.25) is 9.59 Å². The first-order valence-electron chi connectivity index (χ1n) is 11.1. The molecule has 1 aliphatic rings. The Morgan fingerprint density at radius 2 is 1.51 bits per heavy atom. The molecule has 0 radical (unpaired) electrons. The fraction of sp³-hybridized carbons (Fsp3) is 0.360. The summed E-state index contributed by atoms with van der Waals surface area (Å²) in [5.41, 5.74) is 4.26. The molecule has 3 rings (SSSR count). The average molecular weight is 485 g/mol. The number of hydrogen-bond donors (Lipinski definition) is 3. The van der Waals surface area contributed by atoms with Gasteiger partial charge in [0.25, 0.3) is 0 Å². The molecule has 35 heavy (non-hydrogen) atoms. The Labute approximate surface area is 202 Å². The SMILES string of the molecule is COC[C@H](NC(=O)OCC1c2ccccc2-c2ccccc21)C(=O)N[C@H](CCC(=O)OC)C(=O)O. The molecular weight excluding hydrogens is 456 g/mol. The van der Waals surface area contributed by atoms with Crippen LogP contribution in [0.15, 0.2) is 48.5 Å². The maximum Gasteiger partial charge on any atom is 0.407 e. The first kappa shape index (κ1) is 25.7. The van der Waals surface area contributed by atoms with Gasteiger partial charge in [0, 0.05) is 19.4 Å². The first-order chi connectivity index (χ1) is 16.8. The summed E-state index contributed by atoms with van der Waals surface area (Å²) in [6, 6.07) is 13.2. The van der Waals surface area contributed by atoms with Crippen LogP contribution in [-0.2, 0) is 28.6 Å². The minimum Gasteiger partial charge on any atom is -0.480 e. The van der Waals surface area contributed by atoms with Gasteiger partial charge in [-0.2, -0.15) is 0 Å². The predicted octanol–water partition coefficient (Wildman–Crippen LogP) is 2.06. The Morgan fingerprint density at radius 3 is 2.06 bits per heavy atom. The third-order valence-electron chi connectivity index (χ3n) is 5.76. The molecule has 0 bridgehead atoms. The van der Waals surface area contributed by atoms with E-state index < -0.39 is 36.0 Å². The van der Waals surface area contributed by atoms with E-state index in [1.807, 2.05) is 48.5 Å². The smallest absolute Gasteiger partial charge is 0.407 e. The summed E-state index contributed by atoms with van der Waals surface area (Å²) in [6.07, 6.45) is -1.20. The molecule has 3 N–H and O–H groups in total. The van der Waals surface area contributed by atoms with Crippen molar-refractivity contribution < 1.29 is 38.5 Å². The molecular formula is C25H28N2O8. The molecule has 0 saturated carbocycles. The monoisotopic (exact) mass is 484 g/mol. The molecule has 0 saturated heterocycles. The van der Waals surface area contributed by atoms with Crippen LogP contribution in [-0.4, -0.2) is 68.6 Å². The lowest BCUT2D eigenvalue weighted by molar-refractivity contribution is -0.144. The van der Waals surface area contributed by atoms with Crippen LogP contribution < -0.4 is 10.6 Å². The van der Waals surface area contributed by atoms with Crippen molar-refractivity contribution in [3.05, 3.63) is 59.7 Å². The van der Waals surface area contributed by atoms with Crippen molar-refractivity contribution in [2.45, 2.75) is 30.8 Å². The molecule has 0 unspecified atom stereocenters. The second-order valence-electron chi connectivity index (χ2n) is 7.99. The largest absolute Gasteiger partial charge is 0.480 e. The van der Waals surface area contributed by atoms with E-state index in [4.69, 9.17) is 9.47 Å². The first-order valence-corrected chi connectivity index (χ1v) is 11.1. The van der Waals surface area contributed by atoms with Crippen LogP contribution in [0.1, 0.15) is 29.9 Å². The summed E-state index contributed by atoms with van der Waals surface area (Å²) in [5.74, 6) is -2.86. The maximum absolute atomic E-state index is 12.6. The van der Waals surface area contributed by atoms with Crippen LogP contribution in [0.5, 0.6) is 0 Å². The van der Waals surface area contributed by atoms with Gasteiger partial charge in [-0.15, -0.1) is 0 Å². The molecule has 0 aromatic heterocycles. The second-order valence-corrected chi connectivity index (χ2v) is 7.99. The number of carbonyl (C=O) groups is 4. The summed E-state index contributed by atoms with van der Waals surface area (Å²) < 4.78 is 15.0. The van der Waals surface area contributed by atoms with Gasteiger partial charge in [0.05, 0.1) is 13.7 Å². The number of carbonyl (C=O) groups excluding carboxylic acids is 3. The minimum atomic E-state index is -1.34. The van der Waals surface area contributed by atoms with Gasteiger partial charge in [-0.05, 0) is 28.7 Å². The average Bonchev–Trinajstić information content (AvgIpc) is 3.18. The lowest BCUT2D eigenvalue weighted by atomic mass is 9.98. The number of esters is 1. The quantitative estimate of drug-likeness (QED) is 0.412. The van der Waals surface area contributed by atoms with Crippen molar-refractivity contribution in [1.29, 1.82) is 0 Å². The number of fused-ring (bicyclic) bond motifs is 3. The number of methoxy groups -OCH3 is 2. The van der Waals surface area contributed by atoms with E-state index in [-0.39, 0.29) is 32.0 Å². The van der Waals surface area contributed by atoms with Crippen LogP contribution in [0.4, 0.5) is 4.79 Å². The van der Waals surface area contributed by atoms with Gasteiger partial charge in [0.2, 0.25) is 5.91 Å². The lowest BCUT2D eigenvalue weighted by Crippen LogP contribution is -2.53. The molecule has 1 aliphatic carbocycles. The highest BCUT2D eigenvalue weighted by Crippen LogP contribution is 2.44. The van der Waals surface area contributed by atoms with Crippen molar-refractivity contribution in [3.63, 3.8) is 0 Å². The lowest BCUT2D eigenvalue weighted by Gasteiger charge is -2.21. The standard InChI is InChI=1S/C25H28N2O8/c1-33-14-21(23(29)26-20(24(30)31)11-12-22(28)34-2)27-25(32)35-13-19-17-9-5-3-7-15(17)16-8-4-6-10-18(16)19/h3-10,19-21H,11-14H2,1-2H3,(H,26,29)(H,27,32)(H,30,31)/t20-,21+/m1/s1. The van der Waals surface area contributed by atoms with E-state index >= 15 is 0 Å². The van der Waals surface area contributed by atoms with Crippen molar-refractivity contribution >= 4 is 23.9 Å². The van der Waals surface area contributed by atoms with Crippen LogP contribution >= 0.6 is 0 Å². The number of carboxylic acids is 1. The van der Waals surface area contributed by atoms with Crippen LogP contribution in [0.3, 0.4) is 0 Å². The van der Waals surface area contributed by atoms with Crippen molar-refractivity contribution in [2.75, 3.05) is 27.4 Å². The third kappa shape index (κ3) is 6.36. The molecule has 0 heterocycles. The van der Waals surface area contributed by atoms with Crippen LogP contribution in [0.2, 0.25) is 0 Å². The second kappa shape index (κ2) is 12.0. The Bertz CT molecular complexity index is 1040. The van der Waals surface area contributed by atoms with Gasteiger partial charge >= 0.3 is 18.0 Å². The van der Waals surface area contributed by atoms with Gasteiger partial charge in [0.1, 0.15) is 18.7 Å². The Kier molecular flexibility index (Phi) is 8.80. The van der Waals surface area contributed by atoms with Crippen molar-refractivity contribution in [3.8, 4) is 11.1 Å². The topological polar surface area (TPSA) is 140 Å². The minimum absolute atomic E-state index is 0.0536. The number of benzene rings is 2. The number of alkyl carbamates (subject to hydrolysis) is 1. The van der Waals surface area contributed by atoms with Gasteiger partial charge < -0.3 is 30.0 Å². The Hall–Kier alpha value is -3.92. The highest BCUT2D eigenvalue weighted by Gasteiger charge is 2.31. The molecule has 10 nitrogen and oxygen atoms in total. The Morgan fingerprint density at radius 1 is 0.914 bits per heavy atom. The molecule has 0 spiro atoms. The Balaban J connectivity index is 1.61. The number of nitrogens with one attached hydrogen (secondary N) is 2. The number of ether oxygens (including phenoxy) is 3. The number of amides is 2. The zero-order valence-corrected chi connectivity index (χ0v) is 19.5. The summed E-state index contributed by atoms with van der Waals surface area (Å²) in [6.45, 7) is -0.155. The maximum atomic E-state index is 12.6. The molecule has 0 aliphatic heterocycles. The molecule has 2 aromatic rings. The van der Waals surface area contributed by atoms with E-state index in [9.17, 15) is 24.3 Å². The number of rotatable bonds is 11. The molecule has 2 aromatic carbocycles. The summed E-state index contributed by atoms with van der Waals surface area (Å²) in [5, 5.41) is 14.1. The highest BCUT2D eigenvalue weighted by molar-refractivity contribution is 5.89. The predicted molar refractivity (Wildman–Crippen MR) is 125 cm³/mol. The van der Waals surface area contributed by atoms with Gasteiger partial charge in [-0.1, -0.05) is 48.5 Å². The van der Waals surface area contributed by atoms with E-state index in [2.05, 4.69) is 15.4 Å². The van der Waals surface area contributed by atoms with E-state index in [1.165, 1.54) is 14.2 Å². The summed E-state index contributed by atoms with van der Waals surface area (Å²) in [4.78, 5) is 48.0. The number of hydrogen-bond acceptors (Lipinski definition) is 7. The van der Waals surface area contributed by atoms with Gasteiger partial charge in [-0.25, -0.2) is 9.59 Å². The number of carboxylic acid groups (broad SMARTS) is 1. The van der Waals surface area contributed by atoms with E-state index in [1.54, 1.807) is 0 Å². The van der Waals surface area contributed by atoms with Crippen molar-refractivity contribution in [1.82, 2.24) is 10.6 Å². The van der Waals surface area contributed by atoms with Crippen LogP contribution in [0, 0.1) is 0 Å². The van der Waals surface area contributed by atoms with E-state index in [0.717, 1.165) is 22.3 Å². The summed E-state index contributed by atoms with van der Waals surface area (Å²) in [7, 11) is 2.52. The van der Waals surface area contributed by atoms with Gasteiger partial charge in [0.15, 0.2) is 0 Å². The van der Waals surface area contributed by atoms with E-state index in [0.29, 0.717) is 0 Å². The normalized spacial score (nSPS) is 13.7. The zero-order valence-electron chi connectivity index (χ0n) is 19.5. The molecule has 2 amide bonds. The zero-order chi connectivity index (χ0) is 25.4. The molecule has 10 heteroatoms.